The van der Waals surface area contributed by atoms with Gasteiger partial charge in [0.25, 0.3) is 0 Å². The van der Waals surface area contributed by atoms with Gasteiger partial charge in [-0.3, -0.25) is 0 Å². The highest BCUT2D eigenvalue weighted by molar-refractivity contribution is 8.07. The SMILES string of the molecule is c1ccc2c(c1)O[PH]1=[PH]2c2ccccc2O1. The van der Waals surface area contributed by atoms with Crippen LogP contribution in [0.25, 0.3) is 0 Å². The zero-order chi connectivity index (χ0) is 10.5. The van der Waals surface area contributed by atoms with Crippen molar-refractivity contribution >= 4 is 25.5 Å². The molecular formula is C12H10O2P2. The molecule has 4 rings (SSSR count). The first-order valence-corrected chi connectivity index (χ1v) is 9.04. The Morgan fingerprint density at radius 2 is 1.19 bits per heavy atom. The monoisotopic (exact) mass is 248 g/mol. The number of para-hydroxylation sites is 2. The van der Waals surface area contributed by atoms with Gasteiger partial charge in [0, 0.05) is 17.8 Å². The molecule has 0 aliphatic carbocycles. The Hall–Kier alpha value is -1.10. The third kappa shape index (κ3) is 1.09. The van der Waals surface area contributed by atoms with Gasteiger partial charge in [-0.2, -0.15) is 0 Å². The predicted molar refractivity (Wildman–Crippen MR) is 70.0 cm³/mol. The standard InChI is InChI=1S/C12H10O2P2/c1-3-7-11-9(5-1)13-16-14-10-6-2-4-8-12(10)15(11)16/h1-8,15-16H. The van der Waals surface area contributed by atoms with Crippen molar-refractivity contribution < 1.29 is 9.05 Å². The Morgan fingerprint density at radius 3 is 1.75 bits per heavy atom. The van der Waals surface area contributed by atoms with Gasteiger partial charge >= 0.3 is 0 Å². The normalized spacial score (nSPS) is 24.0. The number of benzene rings is 2. The summed E-state index contributed by atoms with van der Waals surface area (Å²) in [5.41, 5.74) is 0. The first-order chi connectivity index (χ1) is 7.93. The van der Waals surface area contributed by atoms with Crippen molar-refractivity contribution in [2.75, 3.05) is 0 Å². The van der Waals surface area contributed by atoms with Gasteiger partial charge in [0.2, 0.25) is 7.66 Å². The molecule has 2 heterocycles. The van der Waals surface area contributed by atoms with Gasteiger partial charge in [-0.25, -0.2) is 0 Å². The van der Waals surface area contributed by atoms with Crippen LogP contribution in [-0.4, -0.2) is 0 Å². The molecule has 0 N–H and O–H groups in total. The molecule has 16 heavy (non-hydrogen) atoms. The van der Waals surface area contributed by atoms with E-state index >= 15 is 0 Å². The third-order valence-corrected chi connectivity index (χ3v) is 9.50. The van der Waals surface area contributed by atoms with Crippen LogP contribution in [0.2, 0.25) is 0 Å². The average molecular weight is 248 g/mol. The second-order valence-electron chi connectivity index (χ2n) is 3.86. The van der Waals surface area contributed by atoms with E-state index in [9.17, 15) is 0 Å². The maximum absolute atomic E-state index is 5.94. The molecule has 80 valence electrons. The fraction of sp³-hybridized carbons (Fsp3) is 0. The van der Waals surface area contributed by atoms with E-state index < -0.39 is 14.9 Å². The van der Waals surface area contributed by atoms with E-state index in [-0.39, 0.29) is 0 Å². The molecule has 0 aromatic heterocycles. The molecule has 0 unspecified atom stereocenters. The molecule has 0 bridgehead atoms. The van der Waals surface area contributed by atoms with Crippen LogP contribution in [0.15, 0.2) is 48.5 Å². The van der Waals surface area contributed by atoms with E-state index in [1.807, 2.05) is 12.1 Å². The Morgan fingerprint density at radius 1 is 0.688 bits per heavy atom. The lowest BCUT2D eigenvalue weighted by molar-refractivity contribution is 0.521. The van der Waals surface area contributed by atoms with E-state index in [2.05, 4.69) is 36.4 Å². The summed E-state index contributed by atoms with van der Waals surface area (Å²) in [6, 6.07) is 16.7. The second kappa shape index (κ2) is 3.20. The highest BCUT2D eigenvalue weighted by atomic mass is 31.8. The fourth-order valence-electron chi connectivity index (χ4n) is 2.21. The van der Waals surface area contributed by atoms with Crippen molar-refractivity contribution in [1.29, 1.82) is 0 Å². The summed E-state index contributed by atoms with van der Waals surface area (Å²) in [7, 11) is -1.90. The van der Waals surface area contributed by atoms with Crippen molar-refractivity contribution in [2.24, 2.45) is 0 Å². The van der Waals surface area contributed by atoms with Crippen LogP contribution in [0.5, 0.6) is 11.5 Å². The minimum atomic E-state index is -1.13. The molecule has 2 aromatic carbocycles. The topological polar surface area (TPSA) is 18.5 Å². The predicted octanol–water partition coefficient (Wildman–Crippen LogP) is 2.60. The lowest BCUT2D eigenvalue weighted by Gasteiger charge is -2.07. The number of rotatable bonds is 0. The smallest absolute Gasteiger partial charge is 0.208 e. The van der Waals surface area contributed by atoms with Gasteiger partial charge in [0.05, 0.1) is 0 Å². The summed E-state index contributed by atoms with van der Waals surface area (Å²) >= 11 is 0. The van der Waals surface area contributed by atoms with Crippen molar-refractivity contribution in [3.05, 3.63) is 48.5 Å². The average Bonchev–Trinajstić information content (AvgIpc) is 2.83. The zero-order valence-electron chi connectivity index (χ0n) is 8.44. The van der Waals surface area contributed by atoms with Gasteiger partial charge in [-0.05, 0) is 12.1 Å². The molecule has 4 heteroatoms. The first-order valence-electron chi connectivity index (χ1n) is 5.22. The van der Waals surface area contributed by atoms with Crippen LogP contribution in [0.4, 0.5) is 0 Å². The molecule has 0 radical (unpaired) electrons. The van der Waals surface area contributed by atoms with Crippen molar-refractivity contribution in [1.82, 2.24) is 0 Å². The molecule has 2 nitrogen and oxygen atoms in total. The minimum Gasteiger partial charge on any atom is -0.445 e. The Bertz CT molecular complexity index is 581. The van der Waals surface area contributed by atoms with Gasteiger partial charge < -0.3 is 9.05 Å². The molecule has 2 aromatic rings. The van der Waals surface area contributed by atoms with Crippen LogP contribution >= 0.6 is 14.9 Å². The lowest BCUT2D eigenvalue weighted by atomic mass is 10.3. The van der Waals surface area contributed by atoms with Crippen LogP contribution in [-0.2, 0) is 0 Å². The Kier molecular flexibility index (Phi) is 1.80. The van der Waals surface area contributed by atoms with Crippen LogP contribution in [0, 0.1) is 0 Å². The minimum absolute atomic E-state index is 0.774. The third-order valence-electron chi connectivity index (χ3n) is 2.92. The highest BCUT2D eigenvalue weighted by Gasteiger charge is 2.30. The maximum Gasteiger partial charge on any atom is 0.208 e. The Balaban J connectivity index is 1.99. The van der Waals surface area contributed by atoms with Gasteiger partial charge in [0.1, 0.15) is 11.5 Å². The summed E-state index contributed by atoms with van der Waals surface area (Å²) in [6.45, 7) is 0. The zero-order valence-corrected chi connectivity index (χ0v) is 10.4. The number of hydrogen-bond acceptors (Lipinski definition) is 2. The summed E-state index contributed by atoms with van der Waals surface area (Å²) in [4.78, 5) is 0. The van der Waals surface area contributed by atoms with Crippen molar-refractivity contribution in [3.8, 4) is 11.5 Å². The lowest BCUT2D eigenvalue weighted by Crippen LogP contribution is -2.04. The van der Waals surface area contributed by atoms with E-state index in [4.69, 9.17) is 9.05 Å². The van der Waals surface area contributed by atoms with Crippen molar-refractivity contribution in [2.45, 2.75) is 0 Å². The fourth-order valence-corrected chi connectivity index (χ4v) is 9.27. The largest absolute Gasteiger partial charge is 0.445 e. The summed E-state index contributed by atoms with van der Waals surface area (Å²) in [5, 5.41) is 2.76. The molecule has 0 saturated heterocycles. The molecular weight excluding hydrogens is 238 g/mol. The molecule has 0 fully saturated rings. The molecule has 0 saturated carbocycles. The molecule has 0 spiro atoms. The van der Waals surface area contributed by atoms with Gasteiger partial charge in [-0.15, -0.1) is 0 Å². The highest BCUT2D eigenvalue weighted by Crippen LogP contribution is 2.60. The van der Waals surface area contributed by atoms with Gasteiger partial charge in [-0.1, -0.05) is 36.4 Å². The molecule has 2 aliphatic rings. The van der Waals surface area contributed by atoms with Gasteiger partial charge in [0.15, 0.2) is 0 Å². The van der Waals surface area contributed by atoms with Crippen LogP contribution in [0.3, 0.4) is 0 Å². The van der Waals surface area contributed by atoms with Crippen LogP contribution < -0.4 is 19.7 Å². The van der Waals surface area contributed by atoms with Crippen molar-refractivity contribution in [3.63, 3.8) is 0 Å². The molecule has 0 amide bonds. The van der Waals surface area contributed by atoms with E-state index in [1.54, 1.807) is 0 Å². The second-order valence-corrected chi connectivity index (χ2v) is 9.39. The maximum atomic E-state index is 5.94. The van der Waals surface area contributed by atoms with E-state index in [0.29, 0.717) is 0 Å². The first kappa shape index (κ1) is 8.98. The summed E-state index contributed by atoms with van der Waals surface area (Å²) in [5.74, 6) is 2.08. The summed E-state index contributed by atoms with van der Waals surface area (Å²) < 4.78 is 11.9. The van der Waals surface area contributed by atoms with E-state index in [0.717, 1.165) is 11.5 Å². The quantitative estimate of drug-likeness (QED) is 0.667. The number of fused-ring (bicyclic) bond motifs is 4. The molecule has 2 aliphatic heterocycles. The molecule has 0 atom stereocenters. The Labute approximate surface area is 95.0 Å². The number of hydrogen-bond donors (Lipinski definition) is 0. The van der Waals surface area contributed by atoms with Crippen LogP contribution in [0.1, 0.15) is 0 Å². The summed E-state index contributed by atoms with van der Waals surface area (Å²) in [6.07, 6.45) is 0. The van der Waals surface area contributed by atoms with E-state index in [1.165, 1.54) is 10.6 Å².